The summed E-state index contributed by atoms with van der Waals surface area (Å²) in [6.07, 6.45) is 3.65. The summed E-state index contributed by atoms with van der Waals surface area (Å²) in [5, 5.41) is 8.23. The Morgan fingerprint density at radius 1 is 1.19 bits per heavy atom. The number of nitrogens with zero attached hydrogens (tertiary/aromatic N) is 2. The zero-order chi connectivity index (χ0) is 22.5. The molecule has 0 aromatic heterocycles. The molecule has 1 amide bonds. The minimum absolute atomic E-state index is 0.0550. The summed E-state index contributed by atoms with van der Waals surface area (Å²) in [4.78, 5) is 14.0. The van der Waals surface area contributed by atoms with Crippen LogP contribution in [0.2, 0.25) is 0 Å². The Morgan fingerprint density at radius 3 is 2.66 bits per heavy atom. The minimum Gasteiger partial charge on any atom is -0.491 e. The van der Waals surface area contributed by atoms with E-state index in [0.29, 0.717) is 5.56 Å². The van der Waals surface area contributed by atoms with Crippen molar-refractivity contribution in [2.24, 2.45) is 5.10 Å². The quantitative estimate of drug-likeness (QED) is 0.735. The predicted octanol–water partition coefficient (Wildman–Crippen LogP) is 4.29. The van der Waals surface area contributed by atoms with Crippen LogP contribution in [-0.2, 0) is 0 Å². The molecule has 1 spiro atoms. The van der Waals surface area contributed by atoms with E-state index in [0.717, 1.165) is 59.8 Å². The van der Waals surface area contributed by atoms with Crippen LogP contribution in [0.4, 0.5) is 0 Å². The third-order valence-corrected chi connectivity index (χ3v) is 6.65. The molecule has 5 rings (SSSR count). The second kappa shape index (κ2) is 7.57. The van der Waals surface area contributed by atoms with Crippen molar-refractivity contribution in [1.82, 2.24) is 5.32 Å². The van der Waals surface area contributed by atoms with Crippen LogP contribution in [0.3, 0.4) is 0 Å². The summed E-state index contributed by atoms with van der Waals surface area (Å²) < 4.78 is 12.3. The molecule has 166 valence electrons. The van der Waals surface area contributed by atoms with Gasteiger partial charge < -0.3 is 14.8 Å². The van der Waals surface area contributed by atoms with Gasteiger partial charge in [-0.2, -0.15) is 0 Å². The summed E-state index contributed by atoms with van der Waals surface area (Å²) in [6, 6.07) is 13.7. The normalized spacial score (nSPS) is 23.2. The van der Waals surface area contributed by atoms with E-state index in [2.05, 4.69) is 5.32 Å². The highest BCUT2D eigenvalue weighted by atomic mass is 16.5. The van der Waals surface area contributed by atoms with Gasteiger partial charge in [-0.1, -0.05) is 17.2 Å². The largest absolute Gasteiger partial charge is 0.491 e. The fraction of sp³-hybridized carbons (Fsp3) is 0.385. The van der Waals surface area contributed by atoms with Crippen molar-refractivity contribution in [1.29, 1.82) is 0 Å². The first-order chi connectivity index (χ1) is 15.3. The van der Waals surface area contributed by atoms with Crippen LogP contribution in [0.1, 0.15) is 48.2 Å². The number of rotatable bonds is 3. The molecule has 32 heavy (non-hydrogen) atoms. The van der Waals surface area contributed by atoms with Gasteiger partial charge in [0.2, 0.25) is 0 Å². The van der Waals surface area contributed by atoms with Crippen LogP contribution in [0.25, 0.3) is 5.70 Å². The van der Waals surface area contributed by atoms with E-state index < -0.39 is 5.60 Å². The number of amides is 1. The van der Waals surface area contributed by atoms with E-state index in [1.807, 2.05) is 76.5 Å². The van der Waals surface area contributed by atoms with Crippen molar-refractivity contribution in [3.05, 3.63) is 64.7 Å². The number of piperidine rings is 1. The van der Waals surface area contributed by atoms with Crippen LogP contribution in [0.15, 0.2) is 53.1 Å². The maximum absolute atomic E-state index is 14.0. The molecule has 1 atom stereocenters. The number of hydrogen-bond acceptors (Lipinski definition) is 5. The van der Waals surface area contributed by atoms with Gasteiger partial charge in [0.1, 0.15) is 24.1 Å². The average Bonchev–Trinajstić information content (AvgIpc) is 3.14. The summed E-state index contributed by atoms with van der Waals surface area (Å²) in [5.74, 6) is 1.54. The van der Waals surface area contributed by atoms with Crippen LogP contribution >= 0.6 is 0 Å². The van der Waals surface area contributed by atoms with E-state index in [-0.39, 0.29) is 16.6 Å². The van der Waals surface area contributed by atoms with Gasteiger partial charge in [0.15, 0.2) is 5.70 Å². The van der Waals surface area contributed by atoms with Gasteiger partial charge >= 0.3 is 5.91 Å². The fourth-order valence-electron chi connectivity index (χ4n) is 5.07. The smallest absolute Gasteiger partial charge is 0.377 e. The second-order valence-electron chi connectivity index (χ2n) is 9.26. The van der Waals surface area contributed by atoms with Crippen molar-refractivity contribution in [2.75, 3.05) is 20.1 Å². The molecule has 0 radical (unpaired) electrons. The lowest BCUT2D eigenvalue weighted by Crippen LogP contribution is -2.51. The van der Waals surface area contributed by atoms with E-state index >= 15 is 0 Å². The van der Waals surface area contributed by atoms with E-state index in [1.165, 1.54) is 0 Å². The molecule has 1 saturated heterocycles. The minimum atomic E-state index is -0.446. The lowest BCUT2D eigenvalue weighted by Gasteiger charge is -2.42. The molecule has 3 aliphatic heterocycles. The van der Waals surface area contributed by atoms with Crippen LogP contribution < -0.4 is 14.8 Å². The molecule has 2 aromatic carbocycles. The van der Waals surface area contributed by atoms with Crippen molar-refractivity contribution in [3.8, 4) is 11.5 Å². The maximum atomic E-state index is 14.0. The molecule has 0 bridgehead atoms. The lowest BCUT2D eigenvalue weighted by atomic mass is 9.80. The number of hydrogen-bond donors (Lipinski definition) is 1. The van der Waals surface area contributed by atoms with Crippen molar-refractivity contribution in [3.63, 3.8) is 0 Å². The van der Waals surface area contributed by atoms with E-state index in [1.54, 1.807) is 0 Å². The van der Waals surface area contributed by atoms with Crippen molar-refractivity contribution in [2.45, 2.75) is 45.3 Å². The first-order valence-corrected chi connectivity index (χ1v) is 11.3. The number of benzene rings is 2. The topological polar surface area (TPSA) is 59.9 Å². The molecule has 1 fully saturated rings. The predicted molar refractivity (Wildman–Crippen MR) is 125 cm³/mol. The highest BCUT2D eigenvalue weighted by Gasteiger charge is 2.55. The highest BCUT2D eigenvalue weighted by molar-refractivity contribution is 6.02. The zero-order valence-corrected chi connectivity index (χ0v) is 19.1. The lowest BCUT2D eigenvalue weighted by molar-refractivity contribution is -0.758. The summed E-state index contributed by atoms with van der Waals surface area (Å²) >= 11 is 0. The zero-order valence-electron chi connectivity index (χ0n) is 19.1. The van der Waals surface area contributed by atoms with E-state index in [4.69, 9.17) is 14.6 Å². The van der Waals surface area contributed by atoms with Crippen molar-refractivity contribution < 1.29 is 18.9 Å². The van der Waals surface area contributed by atoms with Crippen LogP contribution in [0, 0.1) is 6.92 Å². The maximum Gasteiger partial charge on any atom is 0.377 e. The summed E-state index contributed by atoms with van der Waals surface area (Å²) in [5.41, 5.74) is 3.99. The Morgan fingerprint density at radius 2 is 1.94 bits per heavy atom. The van der Waals surface area contributed by atoms with Gasteiger partial charge in [0.25, 0.3) is 0 Å². The molecule has 3 heterocycles. The van der Waals surface area contributed by atoms with Gasteiger partial charge in [-0.15, -0.1) is 4.59 Å². The molecule has 2 aromatic rings. The highest BCUT2D eigenvalue weighted by Crippen LogP contribution is 2.50. The molecule has 3 aliphatic rings. The molecule has 0 aliphatic carbocycles. The summed E-state index contributed by atoms with van der Waals surface area (Å²) in [6.45, 7) is 7.69. The number of aryl methyl sites for hydroxylation is 1. The second-order valence-corrected chi connectivity index (χ2v) is 9.26. The standard InChI is InChI=1S/C26H30N3O3/c1-17(2)31-19-9-10-20(18(3)15-19)25(30)29(4)24-21-7-5-6-8-23(21)32-26(22(24)16-28-29)11-13-27-14-12-26/h5-10,15-17,27H,11-14H2,1-4H3/q+1. The monoisotopic (exact) mass is 432 g/mol. The molecule has 6 heteroatoms. The Hall–Kier alpha value is -2.96. The Labute approximate surface area is 189 Å². The van der Waals surface area contributed by atoms with Crippen molar-refractivity contribution >= 4 is 17.8 Å². The molecular weight excluding hydrogens is 402 g/mol. The molecule has 6 nitrogen and oxygen atoms in total. The van der Waals surface area contributed by atoms with Crippen LogP contribution in [0.5, 0.6) is 11.5 Å². The number of quaternary nitrogens is 1. The molecule has 1 N–H and O–H groups in total. The van der Waals surface area contributed by atoms with Gasteiger partial charge in [0.05, 0.1) is 29.0 Å². The molecular formula is C26H30N3O3+. The number of ether oxygens (including phenoxy) is 2. The molecule has 0 saturated carbocycles. The average molecular weight is 433 g/mol. The number of para-hydroxylation sites is 1. The number of carbonyl (C=O) groups is 1. The summed E-state index contributed by atoms with van der Waals surface area (Å²) in [7, 11) is 1.88. The van der Waals surface area contributed by atoms with Gasteiger partial charge in [-0.25, -0.2) is 4.79 Å². The molecule has 1 unspecified atom stereocenters. The Balaban J connectivity index is 1.61. The first kappa shape index (κ1) is 20.9. The Kier molecular flexibility index (Phi) is 4.95. The van der Waals surface area contributed by atoms with E-state index in [9.17, 15) is 4.79 Å². The van der Waals surface area contributed by atoms with Crippen LogP contribution in [-0.4, -0.2) is 48.6 Å². The Bertz CT molecular complexity index is 1140. The third-order valence-electron chi connectivity index (χ3n) is 6.65. The fourth-order valence-corrected chi connectivity index (χ4v) is 5.07. The third kappa shape index (κ3) is 3.17. The number of fused-ring (bicyclic) bond motifs is 3. The van der Waals surface area contributed by atoms with Gasteiger partial charge in [-0.05, 0) is 69.8 Å². The first-order valence-electron chi connectivity index (χ1n) is 11.3. The SMILES string of the molecule is Cc1cc(OC(C)C)ccc1C(=O)[N+]1(C)N=CC2=C1c1ccccc1OC21CCNCC1. The number of nitrogens with one attached hydrogen (secondary N) is 1. The van der Waals surface area contributed by atoms with Gasteiger partial charge in [0, 0.05) is 12.8 Å². The number of carbonyl (C=O) groups excluding carboxylic acids is 1. The van der Waals surface area contributed by atoms with Gasteiger partial charge in [-0.3, -0.25) is 0 Å².